The zero-order valence-corrected chi connectivity index (χ0v) is 23.7. The first kappa shape index (κ1) is 30.8. The Hall–Kier alpha value is -3.62. The lowest BCUT2D eigenvalue weighted by molar-refractivity contribution is -0.183. The second-order valence-electron chi connectivity index (χ2n) is 11.5. The van der Waals surface area contributed by atoms with Gasteiger partial charge in [-0.05, 0) is 51.2 Å². The number of nitrogens with one attached hydrogen (secondary N) is 2. The van der Waals surface area contributed by atoms with Crippen LogP contribution in [0.5, 0.6) is 0 Å². The topological polar surface area (TPSA) is 126 Å². The van der Waals surface area contributed by atoms with Gasteiger partial charge in [0, 0.05) is 50.0 Å². The Balaban J connectivity index is 1.48. The third-order valence-corrected chi connectivity index (χ3v) is 8.48. The maximum Gasteiger partial charge on any atom is 0.393 e. The molecule has 2 amide bonds. The van der Waals surface area contributed by atoms with E-state index in [1.54, 1.807) is 18.3 Å². The van der Waals surface area contributed by atoms with Crippen LogP contribution in [-0.4, -0.2) is 59.9 Å². The Kier molecular flexibility index (Phi) is 8.47. The summed E-state index contributed by atoms with van der Waals surface area (Å²) in [4.78, 5) is 30.4. The molecule has 2 fully saturated rings. The van der Waals surface area contributed by atoms with Crippen molar-refractivity contribution >= 4 is 17.5 Å². The summed E-state index contributed by atoms with van der Waals surface area (Å²) < 4.78 is 71.1. The Labute approximate surface area is 244 Å². The van der Waals surface area contributed by atoms with E-state index < -0.39 is 60.9 Å². The molecule has 5 rings (SSSR count). The standard InChI is InChI=1S/C28H34F5N7O3/c1-3-39-22(6-9-35-39)26(43)37-24(16-4-7-27(29,30)8-5-16)21-14-40-23(36-21)12-19(15(2)41)20(38-40)11-17-10-18(28(31,32)33)13-34-25(17)42/h6,9,12,14-18,24,41H,3-5,7-8,10-11,13H2,1-2H3,(H,34,42)(H,37,43)/t15?,17-,18-,24+/m1/s1. The van der Waals surface area contributed by atoms with Crippen molar-refractivity contribution in [1.29, 1.82) is 0 Å². The molecule has 1 aliphatic heterocycles. The number of carbonyl (C=O) groups is 2. The van der Waals surface area contributed by atoms with E-state index in [4.69, 9.17) is 0 Å². The molecule has 0 bridgehead atoms. The molecule has 1 saturated carbocycles. The summed E-state index contributed by atoms with van der Waals surface area (Å²) in [5.41, 5.74) is 1.49. The predicted octanol–water partition coefficient (Wildman–Crippen LogP) is 4.15. The zero-order chi connectivity index (χ0) is 31.1. The van der Waals surface area contributed by atoms with Crippen LogP contribution in [0, 0.1) is 17.8 Å². The van der Waals surface area contributed by atoms with E-state index in [9.17, 15) is 36.6 Å². The Bertz CT molecular complexity index is 1470. The van der Waals surface area contributed by atoms with Crippen LogP contribution < -0.4 is 10.6 Å². The Morgan fingerprint density at radius 1 is 1.28 bits per heavy atom. The summed E-state index contributed by atoms with van der Waals surface area (Å²) in [5, 5.41) is 24.4. The van der Waals surface area contributed by atoms with Gasteiger partial charge in [0.25, 0.3) is 5.91 Å². The fourth-order valence-corrected chi connectivity index (χ4v) is 6.05. The summed E-state index contributed by atoms with van der Waals surface area (Å²) in [7, 11) is 0. The third kappa shape index (κ3) is 6.65. The molecular weight excluding hydrogens is 577 g/mol. The lowest BCUT2D eigenvalue weighted by Crippen LogP contribution is -2.47. The van der Waals surface area contributed by atoms with Gasteiger partial charge in [-0.15, -0.1) is 0 Å². The van der Waals surface area contributed by atoms with Gasteiger partial charge >= 0.3 is 6.18 Å². The number of fused-ring (bicyclic) bond motifs is 1. The number of hydrogen-bond acceptors (Lipinski definition) is 6. The van der Waals surface area contributed by atoms with Gasteiger partial charge in [0.1, 0.15) is 5.69 Å². The molecule has 10 nitrogen and oxygen atoms in total. The predicted molar refractivity (Wildman–Crippen MR) is 143 cm³/mol. The van der Waals surface area contributed by atoms with Crippen molar-refractivity contribution < 1.29 is 36.6 Å². The molecule has 43 heavy (non-hydrogen) atoms. The molecule has 0 spiro atoms. The van der Waals surface area contributed by atoms with Crippen LogP contribution in [0.2, 0.25) is 0 Å². The van der Waals surface area contributed by atoms with E-state index >= 15 is 0 Å². The van der Waals surface area contributed by atoms with Gasteiger partial charge in [-0.25, -0.2) is 18.3 Å². The minimum Gasteiger partial charge on any atom is -0.389 e. The number of aliphatic hydroxyl groups excluding tert-OH is 1. The van der Waals surface area contributed by atoms with Crippen LogP contribution in [0.4, 0.5) is 22.0 Å². The number of carbonyl (C=O) groups excluding carboxylic acids is 2. The SMILES string of the molecule is CCn1nccc1C(=O)N[C@H](c1cn2nc(C[C@H]3C[C@@H](C(F)(F)F)CNC3=O)c(C(C)O)cc2n1)C1CCC(F)(F)CC1. The van der Waals surface area contributed by atoms with Crippen molar-refractivity contribution in [1.82, 2.24) is 35.0 Å². The number of rotatable bonds is 8. The summed E-state index contributed by atoms with van der Waals surface area (Å²) in [6.07, 6.45) is -3.41. The van der Waals surface area contributed by atoms with E-state index in [0.717, 1.165) is 0 Å². The van der Waals surface area contributed by atoms with E-state index in [2.05, 4.69) is 25.8 Å². The summed E-state index contributed by atoms with van der Waals surface area (Å²) in [6, 6.07) is 2.35. The molecule has 1 saturated heterocycles. The lowest BCUT2D eigenvalue weighted by atomic mass is 9.81. The number of imidazole rings is 1. The zero-order valence-electron chi connectivity index (χ0n) is 23.7. The van der Waals surface area contributed by atoms with Crippen molar-refractivity contribution in [3.63, 3.8) is 0 Å². The first-order valence-electron chi connectivity index (χ1n) is 14.4. The maximum atomic E-state index is 14.0. The fraction of sp³-hybridized carbons (Fsp3) is 0.607. The first-order valence-corrected chi connectivity index (χ1v) is 14.4. The van der Waals surface area contributed by atoms with Gasteiger partial charge in [0.05, 0.1) is 35.6 Å². The van der Waals surface area contributed by atoms with Crippen LogP contribution in [0.15, 0.2) is 24.5 Å². The highest BCUT2D eigenvalue weighted by Gasteiger charge is 2.45. The van der Waals surface area contributed by atoms with E-state index in [1.807, 2.05) is 6.92 Å². The number of piperidine rings is 1. The molecule has 3 aromatic rings. The van der Waals surface area contributed by atoms with Gasteiger partial charge in [-0.3, -0.25) is 14.3 Å². The highest BCUT2D eigenvalue weighted by atomic mass is 19.4. The number of nitrogens with zero attached hydrogens (tertiary/aromatic N) is 5. The summed E-state index contributed by atoms with van der Waals surface area (Å²) in [5.74, 6) is -6.81. The van der Waals surface area contributed by atoms with Crippen LogP contribution in [0.3, 0.4) is 0 Å². The Morgan fingerprint density at radius 3 is 2.65 bits per heavy atom. The van der Waals surface area contributed by atoms with Gasteiger partial charge in [-0.1, -0.05) is 0 Å². The number of hydrogen-bond donors (Lipinski definition) is 3. The average molecular weight is 612 g/mol. The average Bonchev–Trinajstić information content (AvgIpc) is 3.58. The van der Waals surface area contributed by atoms with Gasteiger partial charge in [-0.2, -0.15) is 23.4 Å². The monoisotopic (exact) mass is 611 g/mol. The smallest absolute Gasteiger partial charge is 0.389 e. The first-order chi connectivity index (χ1) is 20.3. The van der Waals surface area contributed by atoms with Crippen molar-refractivity contribution in [3.8, 4) is 0 Å². The third-order valence-electron chi connectivity index (χ3n) is 8.48. The molecule has 0 radical (unpaired) electrons. The quantitative estimate of drug-likeness (QED) is 0.329. The summed E-state index contributed by atoms with van der Waals surface area (Å²) >= 11 is 0. The fourth-order valence-electron chi connectivity index (χ4n) is 6.05. The normalized spacial score (nSPS) is 22.7. The van der Waals surface area contributed by atoms with Gasteiger partial charge < -0.3 is 15.7 Å². The Morgan fingerprint density at radius 2 is 2.00 bits per heavy atom. The highest BCUT2D eigenvalue weighted by Crippen LogP contribution is 2.41. The summed E-state index contributed by atoms with van der Waals surface area (Å²) in [6.45, 7) is 3.26. The van der Waals surface area contributed by atoms with Gasteiger partial charge in [0.2, 0.25) is 11.8 Å². The van der Waals surface area contributed by atoms with E-state index in [-0.39, 0.29) is 49.4 Å². The molecule has 3 aromatic heterocycles. The van der Waals surface area contributed by atoms with Crippen molar-refractivity contribution in [2.45, 2.75) is 83.2 Å². The van der Waals surface area contributed by atoms with E-state index in [0.29, 0.717) is 23.5 Å². The van der Waals surface area contributed by atoms with Crippen LogP contribution >= 0.6 is 0 Å². The van der Waals surface area contributed by atoms with Crippen LogP contribution in [0.1, 0.15) is 85.5 Å². The van der Waals surface area contributed by atoms with E-state index in [1.165, 1.54) is 22.3 Å². The number of aliphatic hydroxyl groups is 1. The lowest BCUT2D eigenvalue weighted by Gasteiger charge is -2.33. The number of halogens is 5. The van der Waals surface area contributed by atoms with Crippen LogP contribution in [-0.2, 0) is 17.8 Å². The highest BCUT2D eigenvalue weighted by molar-refractivity contribution is 5.92. The second kappa shape index (κ2) is 11.8. The maximum absolute atomic E-state index is 14.0. The number of aryl methyl sites for hydroxylation is 1. The molecule has 4 heterocycles. The molecular formula is C28H34F5N7O3. The minimum atomic E-state index is -4.47. The molecule has 0 aromatic carbocycles. The molecule has 4 atom stereocenters. The molecule has 3 N–H and O–H groups in total. The molecule has 2 aliphatic rings. The van der Waals surface area contributed by atoms with Gasteiger partial charge in [0.15, 0.2) is 5.65 Å². The molecule has 1 aliphatic carbocycles. The van der Waals surface area contributed by atoms with Crippen molar-refractivity contribution in [2.75, 3.05) is 6.54 Å². The van der Waals surface area contributed by atoms with Crippen molar-refractivity contribution in [3.05, 3.63) is 47.2 Å². The minimum absolute atomic E-state index is 0.138. The second-order valence-corrected chi connectivity index (χ2v) is 11.5. The van der Waals surface area contributed by atoms with Crippen molar-refractivity contribution in [2.24, 2.45) is 17.8 Å². The van der Waals surface area contributed by atoms with Crippen LogP contribution in [0.25, 0.3) is 5.65 Å². The number of alkyl halides is 5. The molecule has 15 heteroatoms. The molecule has 1 unspecified atom stereocenters. The molecule has 234 valence electrons. The number of amides is 2. The number of aromatic nitrogens is 5. The largest absolute Gasteiger partial charge is 0.393 e.